The monoisotopic (exact) mass is 259 g/mol. The Kier molecular flexibility index (Phi) is 3.10. The summed E-state index contributed by atoms with van der Waals surface area (Å²) in [5.74, 6) is 1.01. The van der Waals surface area contributed by atoms with E-state index < -0.39 is 0 Å². The van der Waals surface area contributed by atoms with E-state index in [2.05, 4.69) is 36.6 Å². The molecule has 3 rings (SSSR count). The molecule has 1 aromatic carbocycles. The van der Waals surface area contributed by atoms with Crippen molar-refractivity contribution in [2.24, 2.45) is 5.73 Å². The lowest BCUT2D eigenvalue weighted by Crippen LogP contribution is -2.13. The van der Waals surface area contributed by atoms with Gasteiger partial charge in [0, 0.05) is 16.9 Å². The van der Waals surface area contributed by atoms with Crippen molar-refractivity contribution in [3.05, 3.63) is 51.2 Å². The second kappa shape index (κ2) is 4.75. The molecule has 1 aromatic heterocycles. The lowest BCUT2D eigenvalue weighted by Gasteiger charge is -2.15. The molecule has 1 aliphatic heterocycles. The van der Waals surface area contributed by atoms with Crippen molar-refractivity contribution in [2.45, 2.75) is 25.8 Å². The second-order valence-electron chi connectivity index (χ2n) is 4.58. The summed E-state index contributed by atoms with van der Waals surface area (Å²) in [6, 6.07) is 8.42. The van der Waals surface area contributed by atoms with Gasteiger partial charge in [-0.15, -0.1) is 11.3 Å². The van der Waals surface area contributed by atoms with E-state index in [1.807, 2.05) is 0 Å². The fourth-order valence-corrected chi connectivity index (χ4v) is 3.56. The van der Waals surface area contributed by atoms with Gasteiger partial charge in [0.2, 0.25) is 0 Å². The van der Waals surface area contributed by atoms with Crippen LogP contribution in [-0.2, 0) is 12.8 Å². The number of benzene rings is 1. The minimum Gasteiger partial charge on any atom is -0.493 e. The highest BCUT2D eigenvalue weighted by Gasteiger charge is 2.22. The number of para-hydroxylation sites is 1. The Hall–Kier alpha value is -1.32. The number of thiophene rings is 1. The van der Waals surface area contributed by atoms with E-state index in [0.717, 1.165) is 30.8 Å². The Labute approximate surface area is 111 Å². The maximum Gasteiger partial charge on any atom is 0.127 e. The summed E-state index contributed by atoms with van der Waals surface area (Å²) in [5, 5.41) is 2.12. The molecule has 2 N–H and O–H groups in total. The summed E-state index contributed by atoms with van der Waals surface area (Å²) in [4.78, 5) is 1.27. The van der Waals surface area contributed by atoms with Crippen LogP contribution in [0.5, 0.6) is 5.75 Å². The quantitative estimate of drug-likeness (QED) is 0.918. The van der Waals surface area contributed by atoms with E-state index in [9.17, 15) is 0 Å². The summed E-state index contributed by atoms with van der Waals surface area (Å²) in [6.07, 6.45) is 2.03. The zero-order chi connectivity index (χ0) is 12.5. The van der Waals surface area contributed by atoms with Crippen molar-refractivity contribution in [1.29, 1.82) is 0 Å². The second-order valence-corrected chi connectivity index (χ2v) is 5.52. The minimum absolute atomic E-state index is 0.0620. The fourth-order valence-electron chi connectivity index (χ4n) is 2.54. The number of hydrogen-bond donors (Lipinski definition) is 1. The van der Waals surface area contributed by atoms with Crippen LogP contribution in [0.4, 0.5) is 0 Å². The van der Waals surface area contributed by atoms with Crippen molar-refractivity contribution >= 4 is 11.3 Å². The van der Waals surface area contributed by atoms with E-state index in [4.69, 9.17) is 10.5 Å². The van der Waals surface area contributed by atoms with E-state index >= 15 is 0 Å². The van der Waals surface area contributed by atoms with Crippen LogP contribution >= 0.6 is 11.3 Å². The number of ether oxygens (including phenoxy) is 1. The van der Waals surface area contributed by atoms with E-state index in [1.165, 1.54) is 16.0 Å². The molecule has 0 spiro atoms. The first kappa shape index (κ1) is 11.8. The molecule has 0 saturated carbocycles. The molecule has 0 saturated heterocycles. The molecular formula is C15H17NOS. The van der Waals surface area contributed by atoms with Crippen molar-refractivity contribution < 1.29 is 4.74 Å². The highest BCUT2D eigenvalue weighted by atomic mass is 32.1. The first-order valence-corrected chi connectivity index (χ1v) is 7.25. The predicted octanol–water partition coefficient (Wildman–Crippen LogP) is 3.29. The maximum absolute atomic E-state index is 6.44. The van der Waals surface area contributed by atoms with Crippen LogP contribution in [0.25, 0.3) is 0 Å². The highest BCUT2D eigenvalue weighted by molar-refractivity contribution is 7.10. The third-order valence-corrected chi connectivity index (χ3v) is 4.57. The Balaban J connectivity index is 2.03. The molecule has 2 heterocycles. The summed E-state index contributed by atoms with van der Waals surface area (Å²) in [5.41, 5.74) is 10.2. The van der Waals surface area contributed by atoms with Gasteiger partial charge in [-0.1, -0.05) is 25.1 Å². The van der Waals surface area contributed by atoms with Crippen LogP contribution in [-0.4, -0.2) is 6.61 Å². The van der Waals surface area contributed by atoms with Crippen LogP contribution in [0.3, 0.4) is 0 Å². The first-order valence-electron chi connectivity index (χ1n) is 6.37. The molecule has 2 nitrogen and oxygen atoms in total. The SMILES string of the molecule is CCc1ccsc1C(N)c1cccc2c1OCC2. The van der Waals surface area contributed by atoms with Gasteiger partial charge in [-0.2, -0.15) is 0 Å². The third kappa shape index (κ3) is 1.84. The predicted molar refractivity (Wildman–Crippen MR) is 75.4 cm³/mol. The molecule has 94 valence electrons. The zero-order valence-electron chi connectivity index (χ0n) is 10.5. The van der Waals surface area contributed by atoms with Gasteiger partial charge in [0.25, 0.3) is 0 Å². The van der Waals surface area contributed by atoms with Gasteiger partial charge in [0.1, 0.15) is 5.75 Å². The molecule has 3 heteroatoms. The molecule has 0 aliphatic carbocycles. The molecule has 2 aromatic rings. The number of nitrogens with two attached hydrogens (primary N) is 1. The van der Waals surface area contributed by atoms with Gasteiger partial charge in [-0.05, 0) is 29.0 Å². The maximum atomic E-state index is 6.44. The Morgan fingerprint density at radius 3 is 3.11 bits per heavy atom. The standard InChI is InChI=1S/C15H17NOS/c1-2-10-7-9-18-15(10)13(16)12-5-3-4-11-6-8-17-14(11)12/h3-5,7,9,13H,2,6,8,16H2,1H3. The number of rotatable bonds is 3. The van der Waals surface area contributed by atoms with Gasteiger partial charge < -0.3 is 10.5 Å². The summed E-state index contributed by atoms with van der Waals surface area (Å²) >= 11 is 1.74. The average molecular weight is 259 g/mol. The molecule has 1 unspecified atom stereocenters. The molecular weight excluding hydrogens is 242 g/mol. The van der Waals surface area contributed by atoms with E-state index in [1.54, 1.807) is 11.3 Å². The van der Waals surface area contributed by atoms with Crippen molar-refractivity contribution in [3.63, 3.8) is 0 Å². The van der Waals surface area contributed by atoms with Gasteiger partial charge in [0.05, 0.1) is 12.6 Å². The lowest BCUT2D eigenvalue weighted by atomic mass is 9.99. The van der Waals surface area contributed by atoms with Crippen LogP contribution in [0.2, 0.25) is 0 Å². The largest absolute Gasteiger partial charge is 0.493 e. The molecule has 0 radical (unpaired) electrons. The smallest absolute Gasteiger partial charge is 0.127 e. The number of hydrogen-bond acceptors (Lipinski definition) is 3. The molecule has 1 aliphatic rings. The molecule has 1 atom stereocenters. The van der Waals surface area contributed by atoms with Crippen LogP contribution in [0, 0.1) is 0 Å². The average Bonchev–Trinajstić information content (AvgIpc) is 3.05. The minimum atomic E-state index is -0.0620. The molecule has 0 fully saturated rings. The van der Waals surface area contributed by atoms with Gasteiger partial charge in [0.15, 0.2) is 0 Å². The van der Waals surface area contributed by atoms with Crippen LogP contribution < -0.4 is 10.5 Å². The van der Waals surface area contributed by atoms with Gasteiger partial charge >= 0.3 is 0 Å². The first-order chi connectivity index (χ1) is 8.81. The summed E-state index contributed by atoms with van der Waals surface area (Å²) in [7, 11) is 0. The normalized spacial score (nSPS) is 15.2. The van der Waals surface area contributed by atoms with E-state index in [-0.39, 0.29) is 6.04 Å². The highest BCUT2D eigenvalue weighted by Crippen LogP contribution is 2.37. The Bertz CT molecular complexity index is 561. The molecule has 0 amide bonds. The Morgan fingerprint density at radius 2 is 2.28 bits per heavy atom. The number of fused-ring (bicyclic) bond motifs is 1. The van der Waals surface area contributed by atoms with Crippen molar-refractivity contribution in [1.82, 2.24) is 0 Å². The third-order valence-electron chi connectivity index (χ3n) is 3.52. The Morgan fingerprint density at radius 1 is 1.39 bits per heavy atom. The number of aryl methyl sites for hydroxylation is 1. The van der Waals surface area contributed by atoms with Crippen LogP contribution in [0.15, 0.2) is 29.6 Å². The van der Waals surface area contributed by atoms with Crippen molar-refractivity contribution in [2.75, 3.05) is 6.61 Å². The van der Waals surface area contributed by atoms with Crippen molar-refractivity contribution in [3.8, 4) is 5.75 Å². The summed E-state index contributed by atoms with van der Waals surface area (Å²) < 4.78 is 5.75. The van der Waals surface area contributed by atoms with E-state index in [0.29, 0.717) is 0 Å². The summed E-state index contributed by atoms with van der Waals surface area (Å²) in [6.45, 7) is 2.95. The van der Waals surface area contributed by atoms with Crippen LogP contribution in [0.1, 0.15) is 34.5 Å². The molecule has 18 heavy (non-hydrogen) atoms. The van der Waals surface area contributed by atoms with Gasteiger partial charge in [-0.25, -0.2) is 0 Å². The van der Waals surface area contributed by atoms with Gasteiger partial charge in [-0.3, -0.25) is 0 Å². The fraction of sp³-hybridized carbons (Fsp3) is 0.333. The topological polar surface area (TPSA) is 35.2 Å². The lowest BCUT2D eigenvalue weighted by molar-refractivity contribution is 0.352. The molecule has 0 bridgehead atoms. The zero-order valence-corrected chi connectivity index (χ0v) is 11.3.